The maximum absolute atomic E-state index is 12.5. The average Bonchev–Trinajstić information content (AvgIpc) is 3.12. The third-order valence-corrected chi connectivity index (χ3v) is 5.29. The fourth-order valence-corrected chi connectivity index (χ4v) is 4.02. The molecule has 6 heteroatoms. The van der Waals surface area contributed by atoms with Crippen LogP contribution in [0.2, 0.25) is 0 Å². The van der Waals surface area contributed by atoms with Crippen molar-refractivity contribution in [3.05, 3.63) is 29.8 Å². The summed E-state index contributed by atoms with van der Waals surface area (Å²) in [6, 6.07) is 7.40. The van der Waals surface area contributed by atoms with Gasteiger partial charge in [0.25, 0.3) is 0 Å². The number of aliphatic carboxylic acids is 1. The number of likely N-dealkylation sites (tertiary alicyclic amines) is 1. The number of ether oxygens (including phenoxy) is 1. The Bertz CT molecular complexity index is 633. The molecule has 2 fully saturated rings. The van der Waals surface area contributed by atoms with Crippen LogP contribution in [0.25, 0.3) is 0 Å². The summed E-state index contributed by atoms with van der Waals surface area (Å²) in [5.74, 6) is 0.0825. The van der Waals surface area contributed by atoms with Gasteiger partial charge in [-0.25, -0.2) is 4.79 Å². The van der Waals surface area contributed by atoms with Gasteiger partial charge in [0.2, 0.25) is 0 Å². The van der Waals surface area contributed by atoms with E-state index in [2.05, 4.69) is 5.32 Å². The van der Waals surface area contributed by atoms with Crippen LogP contribution < -0.4 is 10.1 Å². The molecule has 1 saturated carbocycles. The van der Waals surface area contributed by atoms with E-state index >= 15 is 0 Å². The van der Waals surface area contributed by atoms with Crippen molar-refractivity contribution >= 4 is 12.0 Å². The van der Waals surface area contributed by atoms with Crippen molar-refractivity contribution in [2.24, 2.45) is 11.3 Å². The molecule has 2 aliphatic rings. The maximum Gasteiger partial charge on any atom is 0.317 e. The molecule has 6 nitrogen and oxygen atoms in total. The van der Waals surface area contributed by atoms with Crippen LogP contribution in [0.5, 0.6) is 5.75 Å². The third kappa shape index (κ3) is 2.92. The number of carbonyl (C=O) groups excluding carboxylic acids is 1. The van der Waals surface area contributed by atoms with E-state index in [1.54, 1.807) is 4.90 Å². The number of para-hydroxylation sites is 1. The monoisotopic (exact) mass is 332 g/mol. The minimum Gasteiger partial charge on any atom is -0.494 e. The van der Waals surface area contributed by atoms with Gasteiger partial charge in [-0.2, -0.15) is 0 Å². The minimum atomic E-state index is -0.762. The molecule has 3 rings (SSSR count). The zero-order valence-electron chi connectivity index (χ0n) is 14.0. The predicted octanol–water partition coefficient (Wildman–Crippen LogP) is 2.48. The Hall–Kier alpha value is -2.24. The van der Waals surface area contributed by atoms with Gasteiger partial charge in [-0.3, -0.25) is 4.79 Å². The van der Waals surface area contributed by atoms with Crippen LogP contribution in [-0.2, 0) is 11.3 Å². The summed E-state index contributed by atoms with van der Waals surface area (Å²) >= 11 is 0. The second kappa shape index (κ2) is 6.71. The lowest BCUT2D eigenvalue weighted by Crippen LogP contribution is -2.41. The molecule has 0 aromatic heterocycles. The van der Waals surface area contributed by atoms with Crippen LogP contribution in [0.4, 0.5) is 4.79 Å². The topological polar surface area (TPSA) is 78.9 Å². The molecule has 1 aromatic rings. The van der Waals surface area contributed by atoms with E-state index in [1.807, 2.05) is 31.2 Å². The summed E-state index contributed by atoms with van der Waals surface area (Å²) in [7, 11) is 0. The van der Waals surface area contributed by atoms with Gasteiger partial charge in [0.05, 0.1) is 12.0 Å². The minimum absolute atomic E-state index is 0.0801. The van der Waals surface area contributed by atoms with Crippen molar-refractivity contribution < 1.29 is 19.4 Å². The molecular weight excluding hydrogens is 308 g/mol. The standard InChI is InChI=1S/C18H24N2O4/c1-2-24-15-8-4-3-6-13(15)10-19-17(23)20-11-14-7-5-9-18(14,12-20)16(21)22/h3-4,6,8,14H,2,5,7,9-12H2,1H3,(H,19,23)(H,21,22)/t14-,18+/m0/s1. The zero-order valence-corrected chi connectivity index (χ0v) is 14.0. The number of benzene rings is 1. The van der Waals surface area contributed by atoms with Gasteiger partial charge in [0.1, 0.15) is 5.75 Å². The first kappa shape index (κ1) is 16.6. The lowest BCUT2D eigenvalue weighted by atomic mass is 9.81. The molecule has 1 aromatic carbocycles. The molecule has 0 spiro atoms. The van der Waals surface area contributed by atoms with E-state index in [9.17, 15) is 14.7 Å². The molecule has 0 unspecified atom stereocenters. The first-order chi connectivity index (χ1) is 11.6. The number of fused-ring (bicyclic) bond motifs is 1. The number of carbonyl (C=O) groups is 2. The lowest BCUT2D eigenvalue weighted by molar-refractivity contribution is -0.149. The molecule has 1 saturated heterocycles. The Kier molecular flexibility index (Phi) is 4.64. The molecule has 24 heavy (non-hydrogen) atoms. The normalized spacial score (nSPS) is 25.4. The Morgan fingerprint density at radius 2 is 2.21 bits per heavy atom. The van der Waals surface area contributed by atoms with Gasteiger partial charge in [0.15, 0.2) is 0 Å². The highest BCUT2D eigenvalue weighted by Crippen LogP contribution is 2.48. The highest BCUT2D eigenvalue weighted by atomic mass is 16.5. The van der Waals surface area contributed by atoms with Crippen molar-refractivity contribution in [3.8, 4) is 5.75 Å². The summed E-state index contributed by atoms with van der Waals surface area (Å²) in [5.41, 5.74) is 0.181. The fraction of sp³-hybridized carbons (Fsp3) is 0.556. The van der Waals surface area contributed by atoms with E-state index in [0.29, 0.717) is 32.7 Å². The van der Waals surface area contributed by atoms with E-state index in [-0.39, 0.29) is 11.9 Å². The zero-order chi connectivity index (χ0) is 17.2. The molecule has 2 amide bonds. The number of rotatable bonds is 5. The fourth-order valence-electron chi connectivity index (χ4n) is 4.02. The van der Waals surface area contributed by atoms with E-state index in [1.165, 1.54) is 0 Å². The van der Waals surface area contributed by atoms with Gasteiger partial charge < -0.3 is 20.1 Å². The largest absolute Gasteiger partial charge is 0.494 e. The van der Waals surface area contributed by atoms with E-state index in [0.717, 1.165) is 24.2 Å². The molecule has 2 N–H and O–H groups in total. The first-order valence-corrected chi connectivity index (χ1v) is 8.53. The Labute approximate surface area is 141 Å². The summed E-state index contributed by atoms with van der Waals surface area (Å²) in [6.45, 7) is 3.71. The van der Waals surface area contributed by atoms with Gasteiger partial charge in [0, 0.05) is 25.2 Å². The SMILES string of the molecule is CCOc1ccccc1CNC(=O)N1C[C@@H]2CCC[C@@]2(C(=O)O)C1. The van der Waals surface area contributed by atoms with Crippen molar-refractivity contribution in [1.82, 2.24) is 10.2 Å². The van der Waals surface area contributed by atoms with Gasteiger partial charge in [-0.05, 0) is 31.7 Å². The second-order valence-electron chi connectivity index (χ2n) is 6.63. The summed E-state index contributed by atoms with van der Waals surface area (Å²) in [4.78, 5) is 25.8. The number of carboxylic acids is 1. The molecule has 2 atom stereocenters. The van der Waals surface area contributed by atoms with Gasteiger partial charge >= 0.3 is 12.0 Å². The summed E-state index contributed by atoms with van der Waals surface area (Å²) < 4.78 is 5.56. The molecule has 0 bridgehead atoms. The highest BCUT2D eigenvalue weighted by Gasteiger charge is 2.55. The van der Waals surface area contributed by atoms with Gasteiger partial charge in [-0.1, -0.05) is 24.6 Å². The molecule has 1 aliphatic carbocycles. The van der Waals surface area contributed by atoms with Crippen molar-refractivity contribution in [3.63, 3.8) is 0 Å². The van der Waals surface area contributed by atoms with Gasteiger partial charge in [-0.15, -0.1) is 0 Å². The number of amides is 2. The number of urea groups is 1. The van der Waals surface area contributed by atoms with Crippen molar-refractivity contribution in [2.75, 3.05) is 19.7 Å². The lowest BCUT2D eigenvalue weighted by Gasteiger charge is -2.23. The number of carboxylic acid groups (broad SMARTS) is 1. The van der Waals surface area contributed by atoms with Crippen LogP contribution in [0.3, 0.4) is 0 Å². The highest BCUT2D eigenvalue weighted by molar-refractivity contribution is 5.80. The summed E-state index contributed by atoms with van der Waals surface area (Å²) in [6.07, 6.45) is 2.50. The summed E-state index contributed by atoms with van der Waals surface area (Å²) in [5, 5.41) is 12.5. The average molecular weight is 332 g/mol. The Balaban J connectivity index is 1.62. The van der Waals surface area contributed by atoms with E-state index in [4.69, 9.17) is 4.74 Å². The van der Waals surface area contributed by atoms with Crippen molar-refractivity contribution in [1.29, 1.82) is 0 Å². The predicted molar refractivity (Wildman–Crippen MR) is 88.8 cm³/mol. The number of hydrogen-bond donors (Lipinski definition) is 2. The quantitative estimate of drug-likeness (QED) is 0.868. The number of hydrogen-bond acceptors (Lipinski definition) is 3. The van der Waals surface area contributed by atoms with E-state index < -0.39 is 11.4 Å². The van der Waals surface area contributed by atoms with Crippen molar-refractivity contribution in [2.45, 2.75) is 32.7 Å². The second-order valence-corrected chi connectivity index (χ2v) is 6.63. The van der Waals surface area contributed by atoms with Crippen LogP contribution >= 0.6 is 0 Å². The Morgan fingerprint density at radius 1 is 1.42 bits per heavy atom. The van der Waals surface area contributed by atoms with Crippen LogP contribution in [0.1, 0.15) is 31.7 Å². The number of nitrogens with one attached hydrogen (secondary N) is 1. The Morgan fingerprint density at radius 3 is 2.92 bits per heavy atom. The van der Waals surface area contributed by atoms with Crippen LogP contribution in [0, 0.1) is 11.3 Å². The molecule has 1 heterocycles. The third-order valence-electron chi connectivity index (χ3n) is 5.29. The first-order valence-electron chi connectivity index (χ1n) is 8.53. The number of nitrogens with zero attached hydrogens (tertiary/aromatic N) is 1. The maximum atomic E-state index is 12.5. The van der Waals surface area contributed by atoms with Crippen LogP contribution in [0.15, 0.2) is 24.3 Å². The molecule has 130 valence electrons. The molecule has 0 radical (unpaired) electrons. The smallest absolute Gasteiger partial charge is 0.317 e. The van der Waals surface area contributed by atoms with Crippen LogP contribution in [-0.4, -0.2) is 41.7 Å². The molecule has 1 aliphatic heterocycles. The molecular formula is C18H24N2O4.